The molecule has 0 atom stereocenters. The Kier molecular flexibility index (Phi) is 5.63. The fourth-order valence-corrected chi connectivity index (χ4v) is 2.94. The van der Waals surface area contributed by atoms with Crippen LogP contribution < -0.4 is 5.73 Å². The van der Waals surface area contributed by atoms with Crippen LogP contribution in [0.2, 0.25) is 0 Å². The zero-order valence-electron chi connectivity index (χ0n) is 12.6. The molecule has 1 aliphatic heterocycles. The molecule has 118 valence electrons. The van der Waals surface area contributed by atoms with Crippen molar-refractivity contribution in [2.45, 2.75) is 25.8 Å². The van der Waals surface area contributed by atoms with Gasteiger partial charge < -0.3 is 10.3 Å². The molecule has 3 rings (SSSR count). The number of amides is 1. The Balaban J connectivity index is 0.00000176. The highest BCUT2D eigenvalue weighted by molar-refractivity contribution is 5.85. The van der Waals surface area contributed by atoms with Gasteiger partial charge in [0.15, 0.2) is 0 Å². The zero-order chi connectivity index (χ0) is 14.7. The average Bonchev–Trinajstić information content (AvgIpc) is 3.00. The van der Waals surface area contributed by atoms with Crippen LogP contribution in [0.1, 0.15) is 24.0 Å². The molecule has 0 saturated carbocycles. The lowest BCUT2D eigenvalue weighted by atomic mass is 9.99. The van der Waals surface area contributed by atoms with Crippen LogP contribution in [-0.4, -0.2) is 28.5 Å². The van der Waals surface area contributed by atoms with Crippen LogP contribution >= 0.6 is 12.4 Å². The number of rotatable bonds is 5. The van der Waals surface area contributed by atoms with E-state index in [2.05, 4.69) is 40.1 Å². The van der Waals surface area contributed by atoms with Gasteiger partial charge in [-0.1, -0.05) is 6.07 Å². The second-order valence-electron chi connectivity index (χ2n) is 5.64. The molecule has 0 aliphatic carbocycles. The smallest absolute Gasteiger partial charge is 0.217 e. The van der Waals surface area contributed by atoms with Gasteiger partial charge in [0.1, 0.15) is 0 Å². The van der Waals surface area contributed by atoms with E-state index >= 15 is 0 Å². The minimum Gasteiger partial charge on any atom is -0.370 e. The maximum absolute atomic E-state index is 10.8. The molecule has 0 bridgehead atoms. The number of carbonyl (C=O) groups excluding carboxylic acids is 1. The molecule has 0 fully saturated rings. The van der Waals surface area contributed by atoms with Gasteiger partial charge in [0, 0.05) is 37.6 Å². The van der Waals surface area contributed by atoms with Gasteiger partial charge in [-0.2, -0.15) is 0 Å². The molecular formula is C17H22ClN3O. The highest BCUT2D eigenvalue weighted by Crippen LogP contribution is 2.22. The van der Waals surface area contributed by atoms with Crippen LogP contribution in [0.4, 0.5) is 0 Å². The first kappa shape index (κ1) is 16.6. The third-order valence-electron chi connectivity index (χ3n) is 4.08. The van der Waals surface area contributed by atoms with Crippen molar-refractivity contribution >= 4 is 18.3 Å². The van der Waals surface area contributed by atoms with Crippen molar-refractivity contribution in [2.75, 3.05) is 13.1 Å². The van der Waals surface area contributed by atoms with Gasteiger partial charge in [0.05, 0.1) is 0 Å². The topological polar surface area (TPSA) is 51.3 Å². The first-order chi connectivity index (χ1) is 10.2. The first-order valence-electron chi connectivity index (χ1n) is 7.48. The van der Waals surface area contributed by atoms with Crippen LogP contribution in [0, 0.1) is 0 Å². The number of nitrogens with zero attached hydrogens (tertiary/aromatic N) is 2. The van der Waals surface area contributed by atoms with Crippen LogP contribution in [0.15, 0.2) is 42.7 Å². The predicted molar refractivity (Wildman–Crippen MR) is 90.4 cm³/mol. The minimum atomic E-state index is -0.206. The van der Waals surface area contributed by atoms with Crippen LogP contribution in [0.25, 0.3) is 5.69 Å². The molecule has 0 radical (unpaired) electrons. The molecule has 2 heterocycles. The number of halogens is 1. The number of carbonyl (C=O) groups is 1. The summed E-state index contributed by atoms with van der Waals surface area (Å²) in [5.41, 5.74) is 9.24. The molecule has 0 saturated heterocycles. The standard InChI is InChI=1S/C17H21N3O.ClH/c18-17(21)4-3-8-19-11-7-14-5-6-16(12-15(14)13-19)20-9-1-2-10-20;/h1-2,5-6,9-10,12H,3-4,7-8,11,13H2,(H2,18,21);1H. The Morgan fingerprint density at radius 3 is 2.68 bits per heavy atom. The predicted octanol–water partition coefficient (Wildman–Crippen LogP) is 2.52. The molecule has 5 heteroatoms. The lowest BCUT2D eigenvalue weighted by Crippen LogP contribution is -2.32. The van der Waals surface area contributed by atoms with Gasteiger partial charge in [-0.3, -0.25) is 9.69 Å². The van der Waals surface area contributed by atoms with Crippen LogP contribution in [0.3, 0.4) is 0 Å². The summed E-state index contributed by atoms with van der Waals surface area (Å²) in [5, 5.41) is 0. The Labute approximate surface area is 137 Å². The van der Waals surface area contributed by atoms with Crippen molar-refractivity contribution in [3.63, 3.8) is 0 Å². The molecule has 1 aliphatic rings. The lowest BCUT2D eigenvalue weighted by molar-refractivity contribution is -0.118. The van der Waals surface area contributed by atoms with E-state index in [0.717, 1.165) is 32.5 Å². The van der Waals surface area contributed by atoms with Gasteiger partial charge in [-0.25, -0.2) is 0 Å². The van der Waals surface area contributed by atoms with E-state index in [-0.39, 0.29) is 18.3 Å². The zero-order valence-corrected chi connectivity index (χ0v) is 13.4. The highest BCUT2D eigenvalue weighted by atomic mass is 35.5. The van der Waals surface area contributed by atoms with E-state index in [9.17, 15) is 4.79 Å². The Morgan fingerprint density at radius 1 is 1.18 bits per heavy atom. The van der Waals surface area contributed by atoms with Crippen molar-refractivity contribution in [2.24, 2.45) is 5.73 Å². The maximum Gasteiger partial charge on any atom is 0.217 e. The van der Waals surface area contributed by atoms with Crippen molar-refractivity contribution in [3.05, 3.63) is 53.9 Å². The van der Waals surface area contributed by atoms with Gasteiger partial charge in [0.2, 0.25) is 5.91 Å². The van der Waals surface area contributed by atoms with Gasteiger partial charge in [-0.05, 0) is 54.8 Å². The average molecular weight is 320 g/mol. The van der Waals surface area contributed by atoms with Crippen molar-refractivity contribution in [1.82, 2.24) is 9.47 Å². The van der Waals surface area contributed by atoms with E-state index in [4.69, 9.17) is 5.73 Å². The molecule has 2 aromatic rings. The summed E-state index contributed by atoms with van der Waals surface area (Å²) in [5.74, 6) is -0.206. The summed E-state index contributed by atoms with van der Waals surface area (Å²) in [4.78, 5) is 13.2. The number of nitrogens with two attached hydrogens (primary N) is 1. The largest absolute Gasteiger partial charge is 0.370 e. The third kappa shape index (κ3) is 3.90. The summed E-state index contributed by atoms with van der Waals surface area (Å²) >= 11 is 0. The monoisotopic (exact) mass is 319 g/mol. The van der Waals surface area contributed by atoms with Crippen molar-refractivity contribution in [1.29, 1.82) is 0 Å². The summed E-state index contributed by atoms with van der Waals surface area (Å²) in [6.07, 6.45) is 6.54. The fourth-order valence-electron chi connectivity index (χ4n) is 2.94. The fraction of sp³-hybridized carbons (Fsp3) is 0.353. The summed E-state index contributed by atoms with van der Waals surface area (Å²) in [7, 11) is 0. The molecule has 2 N–H and O–H groups in total. The minimum absolute atomic E-state index is 0. The van der Waals surface area contributed by atoms with Crippen molar-refractivity contribution in [3.8, 4) is 5.69 Å². The summed E-state index contributed by atoms with van der Waals surface area (Å²) in [6.45, 7) is 2.97. The quantitative estimate of drug-likeness (QED) is 0.920. The number of hydrogen-bond acceptors (Lipinski definition) is 2. The molecule has 0 spiro atoms. The molecule has 4 nitrogen and oxygen atoms in total. The molecule has 1 aromatic heterocycles. The molecule has 0 unspecified atom stereocenters. The first-order valence-corrected chi connectivity index (χ1v) is 7.48. The van der Waals surface area contributed by atoms with E-state index in [1.54, 1.807) is 0 Å². The summed E-state index contributed by atoms with van der Waals surface area (Å²) in [6, 6.07) is 10.8. The van der Waals surface area contributed by atoms with Crippen LogP contribution in [-0.2, 0) is 17.8 Å². The van der Waals surface area contributed by atoms with E-state index in [1.165, 1.54) is 16.8 Å². The van der Waals surface area contributed by atoms with Crippen molar-refractivity contribution < 1.29 is 4.79 Å². The maximum atomic E-state index is 10.8. The lowest BCUT2D eigenvalue weighted by Gasteiger charge is -2.29. The molecule has 1 aromatic carbocycles. The number of benzene rings is 1. The van der Waals surface area contributed by atoms with E-state index < -0.39 is 0 Å². The second kappa shape index (κ2) is 7.47. The Hall–Kier alpha value is -1.78. The second-order valence-corrected chi connectivity index (χ2v) is 5.64. The van der Waals surface area contributed by atoms with Gasteiger partial charge in [0.25, 0.3) is 0 Å². The number of aromatic nitrogens is 1. The summed E-state index contributed by atoms with van der Waals surface area (Å²) < 4.78 is 2.13. The van der Waals surface area contributed by atoms with E-state index in [0.29, 0.717) is 6.42 Å². The molecule has 1 amide bonds. The molecule has 22 heavy (non-hydrogen) atoms. The Bertz CT molecular complexity index is 625. The SMILES string of the molecule is Cl.NC(=O)CCCN1CCc2ccc(-n3cccc3)cc2C1. The van der Waals surface area contributed by atoms with E-state index in [1.807, 2.05) is 12.1 Å². The Morgan fingerprint density at radius 2 is 1.95 bits per heavy atom. The van der Waals surface area contributed by atoms with Gasteiger partial charge in [-0.15, -0.1) is 12.4 Å². The number of primary amides is 1. The van der Waals surface area contributed by atoms with Gasteiger partial charge >= 0.3 is 0 Å². The third-order valence-corrected chi connectivity index (χ3v) is 4.08. The number of fused-ring (bicyclic) bond motifs is 1. The highest BCUT2D eigenvalue weighted by Gasteiger charge is 2.16. The molecular weight excluding hydrogens is 298 g/mol. The number of hydrogen-bond donors (Lipinski definition) is 1. The normalized spacial score (nSPS) is 14.2. The van der Waals surface area contributed by atoms with Crippen LogP contribution in [0.5, 0.6) is 0 Å².